The van der Waals surface area contributed by atoms with Crippen LogP contribution in [0.1, 0.15) is 16.7 Å². The Bertz CT molecular complexity index is 1160. The molecule has 0 spiro atoms. The molecule has 0 heterocycles. The summed E-state index contributed by atoms with van der Waals surface area (Å²) in [6.07, 6.45) is 3.14. The Hall–Kier alpha value is -4.01. The fourth-order valence-corrected chi connectivity index (χ4v) is 3.60. The zero-order valence-electron chi connectivity index (χ0n) is 20.8. The lowest BCUT2D eigenvalue weighted by Crippen LogP contribution is -2.45. The van der Waals surface area contributed by atoms with Gasteiger partial charge in [-0.25, -0.2) is 4.79 Å². The van der Waals surface area contributed by atoms with E-state index in [2.05, 4.69) is 5.32 Å². The number of hydrogen-bond donors (Lipinski definition) is 3. The number of nitrogens with zero attached hydrogens (tertiary/aromatic N) is 1. The van der Waals surface area contributed by atoms with Gasteiger partial charge in [-0.15, -0.1) is 12.4 Å². The van der Waals surface area contributed by atoms with Crippen molar-refractivity contribution in [3.63, 3.8) is 0 Å². The molecule has 1 unspecified atom stereocenters. The van der Waals surface area contributed by atoms with Gasteiger partial charge in [-0.2, -0.15) is 0 Å². The summed E-state index contributed by atoms with van der Waals surface area (Å²) in [6.45, 7) is 0.241. The molecule has 3 aromatic carbocycles. The van der Waals surface area contributed by atoms with Gasteiger partial charge in [0.1, 0.15) is 11.5 Å². The summed E-state index contributed by atoms with van der Waals surface area (Å²) in [5.74, 6) is 1.06. The van der Waals surface area contributed by atoms with E-state index in [0.717, 1.165) is 16.7 Å². The minimum atomic E-state index is -1.11. The molecule has 1 atom stereocenters. The molecule has 0 bridgehead atoms. The Labute approximate surface area is 223 Å². The van der Waals surface area contributed by atoms with Crippen molar-refractivity contribution >= 4 is 42.2 Å². The van der Waals surface area contributed by atoms with E-state index in [1.54, 1.807) is 32.4 Å². The molecule has 9 heteroatoms. The molecule has 0 aliphatic carbocycles. The number of anilines is 1. The number of carbonyl (C=O) groups excluding carboxylic acids is 1. The van der Waals surface area contributed by atoms with Crippen molar-refractivity contribution in [2.24, 2.45) is 5.73 Å². The first-order valence-corrected chi connectivity index (χ1v) is 11.5. The van der Waals surface area contributed by atoms with Gasteiger partial charge in [0.2, 0.25) is 5.91 Å². The maximum Gasteiger partial charge on any atom is 0.411 e. The van der Waals surface area contributed by atoms with E-state index in [1.807, 2.05) is 66.7 Å². The van der Waals surface area contributed by atoms with Gasteiger partial charge in [0.05, 0.1) is 20.3 Å². The fraction of sp³-hybridized carbons (Fsp3) is 0.214. The lowest BCUT2D eigenvalue weighted by molar-refractivity contribution is -0.122. The van der Waals surface area contributed by atoms with Crippen molar-refractivity contribution in [2.75, 3.05) is 32.2 Å². The Morgan fingerprint density at radius 3 is 2.11 bits per heavy atom. The fourth-order valence-electron chi connectivity index (χ4n) is 3.60. The number of carboxylic acid groups (broad SMARTS) is 1. The number of ether oxygens (including phenoxy) is 2. The van der Waals surface area contributed by atoms with Crippen molar-refractivity contribution in [1.82, 2.24) is 5.32 Å². The maximum absolute atomic E-state index is 12.3. The molecule has 37 heavy (non-hydrogen) atoms. The van der Waals surface area contributed by atoms with Crippen molar-refractivity contribution in [3.05, 3.63) is 89.5 Å². The van der Waals surface area contributed by atoms with Crippen LogP contribution in [0.2, 0.25) is 0 Å². The smallest absolute Gasteiger partial charge is 0.411 e. The molecule has 2 amide bonds. The third-order valence-electron chi connectivity index (χ3n) is 5.55. The molecule has 196 valence electrons. The average molecular weight is 526 g/mol. The van der Waals surface area contributed by atoms with Crippen molar-refractivity contribution in [1.29, 1.82) is 0 Å². The van der Waals surface area contributed by atoms with Crippen LogP contribution in [0.3, 0.4) is 0 Å². The number of amides is 2. The molecule has 0 radical (unpaired) electrons. The third-order valence-corrected chi connectivity index (χ3v) is 5.55. The highest BCUT2D eigenvalue weighted by atomic mass is 35.5. The van der Waals surface area contributed by atoms with Gasteiger partial charge in [-0.3, -0.25) is 9.69 Å². The van der Waals surface area contributed by atoms with Gasteiger partial charge in [0, 0.05) is 24.8 Å². The molecule has 4 N–H and O–H groups in total. The molecular formula is C28H32ClN3O5. The standard InChI is InChI=1S/C28H31N3O5.ClH/c1-35-24-16-22(17-25(19-24)36-2)9-8-20-10-12-23(13-11-20)31(28(33)34)15-14-30-27(32)26(29)18-21-6-4-3-5-7-21;/h3-13,16-17,19,26H,14-15,18,29H2,1-2H3,(H,30,32)(H,33,34);1H/b9-8+;. The second-order valence-electron chi connectivity index (χ2n) is 8.09. The first-order valence-electron chi connectivity index (χ1n) is 11.5. The average Bonchev–Trinajstić information content (AvgIpc) is 2.90. The van der Waals surface area contributed by atoms with Gasteiger partial charge in [-0.1, -0.05) is 54.6 Å². The number of hydrogen-bond acceptors (Lipinski definition) is 5. The van der Waals surface area contributed by atoms with E-state index in [-0.39, 0.29) is 31.4 Å². The van der Waals surface area contributed by atoms with Crippen LogP contribution < -0.4 is 25.4 Å². The first kappa shape index (κ1) is 29.2. The van der Waals surface area contributed by atoms with Crippen molar-refractivity contribution < 1.29 is 24.2 Å². The van der Waals surface area contributed by atoms with Crippen LogP contribution in [-0.2, 0) is 11.2 Å². The Morgan fingerprint density at radius 1 is 0.946 bits per heavy atom. The second-order valence-corrected chi connectivity index (χ2v) is 8.09. The summed E-state index contributed by atoms with van der Waals surface area (Å²) in [4.78, 5) is 25.3. The number of rotatable bonds is 11. The molecule has 3 rings (SSSR count). The van der Waals surface area contributed by atoms with Crippen LogP contribution in [0.4, 0.5) is 10.5 Å². The normalized spacial score (nSPS) is 11.3. The summed E-state index contributed by atoms with van der Waals surface area (Å²) in [5, 5.41) is 12.4. The molecule has 0 aliphatic rings. The van der Waals surface area contributed by atoms with E-state index in [1.165, 1.54) is 4.90 Å². The number of carbonyl (C=O) groups is 2. The van der Waals surface area contributed by atoms with E-state index < -0.39 is 12.1 Å². The highest BCUT2D eigenvalue weighted by molar-refractivity contribution is 5.87. The van der Waals surface area contributed by atoms with Crippen molar-refractivity contribution in [2.45, 2.75) is 12.5 Å². The van der Waals surface area contributed by atoms with Crippen LogP contribution in [0.15, 0.2) is 72.8 Å². The molecule has 0 fully saturated rings. The molecule has 0 aromatic heterocycles. The van der Waals surface area contributed by atoms with Crippen LogP contribution in [0, 0.1) is 0 Å². The Kier molecular flexibility index (Phi) is 11.5. The monoisotopic (exact) mass is 525 g/mol. The topological polar surface area (TPSA) is 114 Å². The third kappa shape index (κ3) is 8.86. The molecule has 0 saturated heterocycles. The molecule has 0 saturated carbocycles. The van der Waals surface area contributed by atoms with Gasteiger partial charge >= 0.3 is 6.09 Å². The number of methoxy groups -OCH3 is 2. The van der Waals surface area contributed by atoms with Gasteiger partial charge < -0.3 is 25.6 Å². The zero-order valence-corrected chi connectivity index (χ0v) is 21.6. The van der Waals surface area contributed by atoms with E-state index in [4.69, 9.17) is 15.2 Å². The number of halogens is 1. The minimum absolute atomic E-state index is 0. The lowest BCUT2D eigenvalue weighted by atomic mass is 10.1. The Balaban J connectivity index is 0.00000481. The summed E-state index contributed by atoms with van der Waals surface area (Å²) < 4.78 is 10.6. The van der Waals surface area contributed by atoms with Crippen LogP contribution in [-0.4, -0.2) is 50.5 Å². The number of benzene rings is 3. The number of nitrogens with two attached hydrogens (primary N) is 1. The maximum atomic E-state index is 12.3. The predicted octanol–water partition coefficient (Wildman–Crippen LogP) is 4.47. The van der Waals surface area contributed by atoms with Gasteiger partial charge in [0.15, 0.2) is 0 Å². The van der Waals surface area contributed by atoms with E-state index in [9.17, 15) is 14.7 Å². The van der Waals surface area contributed by atoms with Crippen LogP contribution in [0.25, 0.3) is 12.2 Å². The summed E-state index contributed by atoms with van der Waals surface area (Å²) in [7, 11) is 3.19. The number of nitrogens with one attached hydrogen (secondary N) is 1. The second kappa shape index (κ2) is 14.5. The Morgan fingerprint density at radius 2 is 1.54 bits per heavy atom. The zero-order chi connectivity index (χ0) is 25.9. The highest BCUT2D eigenvalue weighted by Crippen LogP contribution is 2.24. The molecule has 3 aromatic rings. The molecule has 8 nitrogen and oxygen atoms in total. The van der Waals surface area contributed by atoms with Gasteiger partial charge in [0.25, 0.3) is 0 Å². The highest BCUT2D eigenvalue weighted by Gasteiger charge is 2.17. The quantitative estimate of drug-likeness (QED) is 0.318. The summed E-state index contributed by atoms with van der Waals surface area (Å²) in [5.41, 5.74) is 9.26. The van der Waals surface area contributed by atoms with E-state index in [0.29, 0.717) is 23.6 Å². The molecular weight excluding hydrogens is 494 g/mol. The lowest BCUT2D eigenvalue weighted by Gasteiger charge is -2.20. The van der Waals surface area contributed by atoms with Crippen LogP contribution >= 0.6 is 12.4 Å². The van der Waals surface area contributed by atoms with Gasteiger partial charge in [-0.05, 0) is 47.4 Å². The van der Waals surface area contributed by atoms with E-state index >= 15 is 0 Å². The molecule has 0 aliphatic heterocycles. The summed E-state index contributed by atoms with van der Waals surface area (Å²) >= 11 is 0. The predicted molar refractivity (Wildman–Crippen MR) is 149 cm³/mol. The first-order chi connectivity index (χ1) is 17.4. The summed E-state index contributed by atoms with van der Waals surface area (Å²) in [6, 6.07) is 21.5. The van der Waals surface area contributed by atoms with Crippen LogP contribution in [0.5, 0.6) is 11.5 Å². The SMILES string of the molecule is COc1cc(/C=C/c2ccc(N(CCNC(=O)C(N)Cc3ccccc3)C(=O)O)cc2)cc(OC)c1.Cl. The largest absolute Gasteiger partial charge is 0.497 e. The minimum Gasteiger partial charge on any atom is -0.497 e. The van der Waals surface area contributed by atoms with Crippen molar-refractivity contribution in [3.8, 4) is 11.5 Å².